The standard InChI is InChI=1S/C15H16O3/c1-10(16)7-15(17)13-4-3-12-9-14(18-2)6-5-11(12)8-13/h3-6,8-9,15,17H,7H2,1-2H3/t15-/m0/s1. The number of methoxy groups -OCH3 is 1. The molecule has 0 aliphatic heterocycles. The quantitative estimate of drug-likeness (QED) is 0.899. The monoisotopic (exact) mass is 244 g/mol. The summed E-state index contributed by atoms with van der Waals surface area (Å²) in [6.45, 7) is 1.48. The molecule has 94 valence electrons. The normalized spacial score (nSPS) is 12.4. The number of ether oxygens (including phenoxy) is 1. The van der Waals surface area contributed by atoms with Crippen LogP contribution in [0.5, 0.6) is 5.75 Å². The lowest BCUT2D eigenvalue weighted by molar-refractivity contribution is -0.118. The van der Waals surface area contributed by atoms with Crippen LogP contribution >= 0.6 is 0 Å². The number of aliphatic hydroxyl groups is 1. The zero-order valence-corrected chi connectivity index (χ0v) is 10.5. The second-order valence-corrected chi connectivity index (χ2v) is 4.39. The number of aliphatic hydroxyl groups excluding tert-OH is 1. The summed E-state index contributed by atoms with van der Waals surface area (Å²) in [6, 6.07) is 11.4. The van der Waals surface area contributed by atoms with Crippen molar-refractivity contribution in [2.75, 3.05) is 7.11 Å². The second-order valence-electron chi connectivity index (χ2n) is 4.39. The number of ketones is 1. The van der Waals surface area contributed by atoms with Crippen LogP contribution in [0.3, 0.4) is 0 Å². The molecule has 0 heterocycles. The van der Waals surface area contributed by atoms with Crippen LogP contribution < -0.4 is 4.74 Å². The summed E-state index contributed by atoms with van der Waals surface area (Å²) < 4.78 is 5.16. The predicted molar refractivity (Wildman–Crippen MR) is 70.8 cm³/mol. The highest BCUT2D eigenvalue weighted by Gasteiger charge is 2.10. The Morgan fingerprint density at radius 3 is 2.56 bits per heavy atom. The summed E-state index contributed by atoms with van der Waals surface area (Å²) in [5.41, 5.74) is 0.767. The van der Waals surface area contributed by atoms with Crippen LogP contribution in [0.25, 0.3) is 10.8 Å². The molecule has 1 atom stereocenters. The Labute approximate surface area is 106 Å². The highest BCUT2D eigenvalue weighted by molar-refractivity contribution is 5.85. The Balaban J connectivity index is 2.35. The Morgan fingerprint density at radius 1 is 1.22 bits per heavy atom. The van der Waals surface area contributed by atoms with Gasteiger partial charge in [0, 0.05) is 6.42 Å². The van der Waals surface area contributed by atoms with Crippen molar-refractivity contribution < 1.29 is 14.6 Å². The van der Waals surface area contributed by atoms with Crippen molar-refractivity contribution >= 4 is 16.6 Å². The largest absolute Gasteiger partial charge is 0.497 e. The van der Waals surface area contributed by atoms with Gasteiger partial charge in [-0.15, -0.1) is 0 Å². The number of Topliss-reactive ketones (excluding diaryl/α,β-unsaturated/α-hetero) is 1. The van der Waals surface area contributed by atoms with E-state index < -0.39 is 6.10 Å². The summed E-state index contributed by atoms with van der Waals surface area (Å²) in [4.78, 5) is 11.0. The van der Waals surface area contributed by atoms with E-state index in [1.165, 1.54) is 6.92 Å². The molecule has 0 saturated heterocycles. The van der Waals surface area contributed by atoms with E-state index in [9.17, 15) is 9.90 Å². The molecule has 2 aromatic carbocycles. The van der Waals surface area contributed by atoms with Gasteiger partial charge in [-0.25, -0.2) is 0 Å². The predicted octanol–water partition coefficient (Wildman–Crippen LogP) is 2.86. The van der Waals surface area contributed by atoms with Crippen LogP contribution in [-0.4, -0.2) is 18.0 Å². The van der Waals surface area contributed by atoms with E-state index in [1.54, 1.807) is 7.11 Å². The van der Waals surface area contributed by atoms with E-state index in [2.05, 4.69) is 0 Å². The molecular weight excluding hydrogens is 228 g/mol. The first-order chi connectivity index (χ1) is 8.60. The van der Waals surface area contributed by atoms with Gasteiger partial charge in [-0.2, -0.15) is 0 Å². The highest BCUT2D eigenvalue weighted by Crippen LogP contribution is 2.25. The molecule has 0 bridgehead atoms. The van der Waals surface area contributed by atoms with Crippen LogP contribution in [0.1, 0.15) is 25.0 Å². The molecule has 0 unspecified atom stereocenters. The van der Waals surface area contributed by atoms with Crippen LogP contribution in [0, 0.1) is 0 Å². The topological polar surface area (TPSA) is 46.5 Å². The molecule has 2 rings (SSSR count). The summed E-state index contributed by atoms with van der Waals surface area (Å²) in [5, 5.41) is 12.0. The van der Waals surface area contributed by atoms with Crippen LogP contribution in [-0.2, 0) is 4.79 Å². The maximum atomic E-state index is 11.0. The SMILES string of the molecule is COc1ccc2cc([C@@H](O)CC(C)=O)ccc2c1. The van der Waals surface area contributed by atoms with Gasteiger partial charge in [-0.3, -0.25) is 4.79 Å². The van der Waals surface area contributed by atoms with Crippen molar-refractivity contribution in [1.29, 1.82) is 0 Å². The number of hydrogen-bond acceptors (Lipinski definition) is 3. The molecule has 18 heavy (non-hydrogen) atoms. The summed E-state index contributed by atoms with van der Waals surface area (Å²) >= 11 is 0. The number of fused-ring (bicyclic) bond motifs is 1. The van der Waals surface area contributed by atoms with Gasteiger partial charge < -0.3 is 9.84 Å². The van der Waals surface area contributed by atoms with E-state index in [0.29, 0.717) is 0 Å². The molecule has 0 aromatic heterocycles. The second kappa shape index (κ2) is 5.19. The minimum Gasteiger partial charge on any atom is -0.497 e. The van der Waals surface area contributed by atoms with E-state index in [0.717, 1.165) is 22.1 Å². The third kappa shape index (κ3) is 2.68. The van der Waals surface area contributed by atoms with Crippen molar-refractivity contribution in [2.24, 2.45) is 0 Å². The number of hydrogen-bond donors (Lipinski definition) is 1. The lowest BCUT2D eigenvalue weighted by atomic mass is 10.0. The minimum atomic E-state index is -0.728. The third-order valence-corrected chi connectivity index (χ3v) is 2.94. The molecule has 0 aliphatic carbocycles. The molecule has 3 nitrogen and oxygen atoms in total. The van der Waals surface area contributed by atoms with Crippen molar-refractivity contribution in [3.8, 4) is 5.75 Å². The fourth-order valence-corrected chi connectivity index (χ4v) is 1.97. The Morgan fingerprint density at radius 2 is 1.89 bits per heavy atom. The molecule has 0 saturated carbocycles. The van der Waals surface area contributed by atoms with E-state index in [4.69, 9.17) is 4.74 Å². The van der Waals surface area contributed by atoms with Gasteiger partial charge in [0.25, 0.3) is 0 Å². The average Bonchev–Trinajstić information content (AvgIpc) is 2.36. The molecule has 3 heteroatoms. The molecule has 1 N–H and O–H groups in total. The number of benzene rings is 2. The van der Waals surface area contributed by atoms with Crippen molar-refractivity contribution in [1.82, 2.24) is 0 Å². The Hall–Kier alpha value is -1.87. The Bertz CT molecular complexity index is 575. The van der Waals surface area contributed by atoms with Gasteiger partial charge in [0.1, 0.15) is 11.5 Å². The summed E-state index contributed by atoms with van der Waals surface area (Å²) in [5.74, 6) is 0.789. The molecule has 0 radical (unpaired) electrons. The van der Waals surface area contributed by atoms with Gasteiger partial charge in [0.05, 0.1) is 13.2 Å². The highest BCUT2D eigenvalue weighted by atomic mass is 16.5. The fraction of sp³-hybridized carbons (Fsp3) is 0.267. The molecule has 0 aliphatic rings. The van der Waals surface area contributed by atoms with Gasteiger partial charge in [-0.05, 0) is 41.5 Å². The third-order valence-electron chi connectivity index (χ3n) is 2.94. The van der Waals surface area contributed by atoms with E-state index >= 15 is 0 Å². The van der Waals surface area contributed by atoms with Crippen molar-refractivity contribution in [3.05, 3.63) is 42.0 Å². The van der Waals surface area contributed by atoms with E-state index in [-0.39, 0.29) is 12.2 Å². The van der Waals surface area contributed by atoms with Gasteiger partial charge in [-0.1, -0.05) is 18.2 Å². The lowest BCUT2D eigenvalue weighted by Crippen LogP contribution is -2.03. The molecule has 0 amide bonds. The minimum absolute atomic E-state index is 0.0164. The molecule has 0 spiro atoms. The van der Waals surface area contributed by atoms with Crippen LogP contribution in [0.2, 0.25) is 0 Å². The lowest BCUT2D eigenvalue weighted by Gasteiger charge is -2.10. The van der Waals surface area contributed by atoms with Crippen molar-refractivity contribution in [3.63, 3.8) is 0 Å². The van der Waals surface area contributed by atoms with Gasteiger partial charge >= 0.3 is 0 Å². The Kier molecular flexibility index (Phi) is 3.63. The molecular formula is C15H16O3. The van der Waals surface area contributed by atoms with Gasteiger partial charge in [0.15, 0.2) is 0 Å². The molecule has 0 fully saturated rings. The zero-order chi connectivity index (χ0) is 13.1. The van der Waals surface area contributed by atoms with Crippen molar-refractivity contribution in [2.45, 2.75) is 19.4 Å². The first-order valence-electron chi connectivity index (χ1n) is 5.85. The van der Waals surface area contributed by atoms with Crippen LogP contribution in [0.4, 0.5) is 0 Å². The first-order valence-corrected chi connectivity index (χ1v) is 5.85. The van der Waals surface area contributed by atoms with Crippen LogP contribution in [0.15, 0.2) is 36.4 Å². The number of carbonyl (C=O) groups is 1. The molecule has 2 aromatic rings. The average molecular weight is 244 g/mol. The summed E-state index contributed by atoms with van der Waals surface area (Å²) in [6.07, 6.45) is -0.573. The van der Waals surface area contributed by atoms with Gasteiger partial charge in [0.2, 0.25) is 0 Å². The first kappa shape index (κ1) is 12.6. The van der Waals surface area contributed by atoms with E-state index in [1.807, 2.05) is 36.4 Å². The smallest absolute Gasteiger partial charge is 0.132 e. The fourth-order valence-electron chi connectivity index (χ4n) is 1.97. The number of rotatable bonds is 4. The maximum absolute atomic E-state index is 11.0. The maximum Gasteiger partial charge on any atom is 0.132 e. The number of carbonyl (C=O) groups excluding carboxylic acids is 1. The zero-order valence-electron chi connectivity index (χ0n) is 10.5. The summed E-state index contributed by atoms with van der Waals surface area (Å²) in [7, 11) is 1.63.